The number of hydrogen-bond acceptors (Lipinski definition) is 3. The minimum Gasteiger partial charge on any atom is -0.481 e. The molecule has 5 nitrogen and oxygen atoms in total. The number of halogens is 1. The van der Waals surface area contributed by atoms with Gasteiger partial charge >= 0.3 is 5.97 Å². The number of carboxylic acids is 1. The molecular formula is C14H17FN2O3. The van der Waals surface area contributed by atoms with E-state index in [1.807, 2.05) is 0 Å². The van der Waals surface area contributed by atoms with Crippen LogP contribution in [0.5, 0.6) is 0 Å². The molecule has 1 amide bonds. The van der Waals surface area contributed by atoms with Crippen LogP contribution < -0.4 is 5.32 Å². The average Bonchev–Trinajstić information content (AvgIpc) is 2.46. The molecule has 0 aromatic carbocycles. The van der Waals surface area contributed by atoms with Crippen LogP contribution in [0.2, 0.25) is 0 Å². The number of carbonyl (C=O) groups excluding carboxylic acids is 1. The van der Waals surface area contributed by atoms with Crippen molar-refractivity contribution in [1.29, 1.82) is 0 Å². The van der Waals surface area contributed by atoms with E-state index in [0.29, 0.717) is 25.3 Å². The van der Waals surface area contributed by atoms with E-state index in [1.54, 1.807) is 0 Å². The lowest BCUT2D eigenvalue weighted by Gasteiger charge is -2.26. The third-order valence-electron chi connectivity index (χ3n) is 3.71. The van der Waals surface area contributed by atoms with E-state index in [4.69, 9.17) is 5.11 Å². The standard InChI is InChI=1S/C14H17FN2O3/c15-11-5-6-12(16-8-11)13(18)17-7-9-1-3-10(4-2-9)14(19)20/h5-6,8-10H,1-4,7H2,(H,17,18)(H,19,20). The molecule has 0 spiro atoms. The molecule has 1 saturated carbocycles. The third-order valence-corrected chi connectivity index (χ3v) is 3.71. The van der Waals surface area contributed by atoms with Crippen molar-refractivity contribution in [2.24, 2.45) is 11.8 Å². The van der Waals surface area contributed by atoms with Gasteiger partial charge in [0.05, 0.1) is 12.1 Å². The van der Waals surface area contributed by atoms with Crippen molar-refractivity contribution < 1.29 is 19.1 Å². The summed E-state index contributed by atoms with van der Waals surface area (Å²) >= 11 is 0. The van der Waals surface area contributed by atoms with E-state index in [-0.39, 0.29) is 17.5 Å². The quantitative estimate of drug-likeness (QED) is 0.882. The van der Waals surface area contributed by atoms with Gasteiger partial charge in [-0.2, -0.15) is 0 Å². The Labute approximate surface area is 116 Å². The normalized spacial score (nSPS) is 22.2. The second-order valence-electron chi connectivity index (χ2n) is 5.13. The zero-order valence-corrected chi connectivity index (χ0v) is 11.0. The van der Waals surface area contributed by atoms with Gasteiger partial charge in [-0.15, -0.1) is 0 Å². The predicted molar refractivity (Wildman–Crippen MR) is 69.6 cm³/mol. The average molecular weight is 280 g/mol. The molecule has 2 N–H and O–H groups in total. The van der Waals surface area contributed by atoms with Crippen molar-refractivity contribution >= 4 is 11.9 Å². The number of pyridine rings is 1. The Kier molecular flexibility index (Phi) is 4.65. The molecule has 0 radical (unpaired) electrons. The van der Waals surface area contributed by atoms with E-state index in [2.05, 4.69) is 10.3 Å². The summed E-state index contributed by atoms with van der Waals surface area (Å²) in [6.45, 7) is 0.504. The fraction of sp³-hybridized carbons (Fsp3) is 0.500. The molecule has 6 heteroatoms. The Hall–Kier alpha value is -1.98. The van der Waals surface area contributed by atoms with Gasteiger partial charge in [0.2, 0.25) is 0 Å². The van der Waals surface area contributed by atoms with E-state index in [1.165, 1.54) is 12.1 Å². The summed E-state index contributed by atoms with van der Waals surface area (Å²) in [5, 5.41) is 11.7. The molecule has 1 aromatic heterocycles. The second kappa shape index (κ2) is 6.45. The zero-order valence-electron chi connectivity index (χ0n) is 11.0. The SMILES string of the molecule is O=C(NCC1CCC(C(=O)O)CC1)c1ccc(F)cn1. The van der Waals surface area contributed by atoms with Gasteiger partial charge in [-0.25, -0.2) is 9.37 Å². The Bertz CT molecular complexity index is 482. The maximum absolute atomic E-state index is 12.7. The maximum atomic E-state index is 12.7. The maximum Gasteiger partial charge on any atom is 0.306 e. The van der Waals surface area contributed by atoms with Gasteiger partial charge in [0.15, 0.2) is 0 Å². The van der Waals surface area contributed by atoms with Gasteiger partial charge in [0, 0.05) is 6.54 Å². The lowest BCUT2D eigenvalue weighted by atomic mass is 9.82. The van der Waals surface area contributed by atoms with Gasteiger partial charge in [0.25, 0.3) is 5.91 Å². The predicted octanol–water partition coefficient (Wildman–Crippen LogP) is 1.84. The minimum absolute atomic E-state index is 0.186. The molecule has 1 aliphatic carbocycles. The van der Waals surface area contributed by atoms with Crippen LogP contribution in [-0.2, 0) is 4.79 Å². The van der Waals surface area contributed by atoms with Gasteiger partial charge in [-0.05, 0) is 43.7 Å². The first-order valence-corrected chi connectivity index (χ1v) is 6.69. The molecule has 108 valence electrons. The lowest BCUT2D eigenvalue weighted by molar-refractivity contribution is -0.143. The number of carbonyl (C=O) groups is 2. The Morgan fingerprint density at radius 1 is 1.30 bits per heavy atom. The fourth-order valence-electron chi connectivity index (χ4n) is 2.45. The first-order chi connectivity index (χ1) is 9.56. The Morgan fingerprint density at radius 3 is 2.55 bits per heavy atom. The highest BCUT2D eigenvalue weighted by molar-refractivity contribution is 5.92. The summed E-state index contributed by atoms with van der Waals surface area (Å²) < 4.78 is 12.7. The summed E-state index contributed by atoms with van der Waals surface area (Å²) in [6, 6.07) is 2.53. The number of amides is 1. The molecule has 1 aromatic rings. The molecule has 1 aliphatic rings. The number of carboxylic acid groups (broad SMARTS) is 1. The van der Waals surface area contributed by atoms with Crippen LogP contribution in [0.3, 0.4) is 0 Å². The van der Waals surface area contributed by atoms with E-state index < -0.39 is 11.8 Å². The molecule has 1 heterocycles. The molecule has 2 rings (SSSR count). The van der Waals surface area contributed by atoms with E-state index >= 15 is 0 Å². The van der Waals surface area contributed by atoms with Crippen molar-refractivity contribution in [3.05, 3.63) is 29.8 Å². The lowest BCUT2D eigenvalue weighted by Crippen LogP contribution is -2.32. The van der Waals surface area contributed by atoms with Crippen molar-refractivity contribution in [2.45, 2.75) is 25.7 Å². The number of nitrogens with one attached hydrogen (secondary N) is 1. The van der Waals surface area contributed by atoms with Crippen LogP contribution in [0.1, 0.15) is 36.2 Å². The molecule has 0 atom stereocenters. The van der Waals surface area contributed by atoms with Crippen LogP contribution in [0.25, 0.3) is 0 Å². The fourth-order valence-corrected chi connectivity index (χ4v) is 2.45. The Balaban J connectivity index is 1.77. The van der Waals surface area contributed by atoms with E-state index in [9.17, 15) is 14.0 Å². The van der Waals surface area contributed by atoms with Gasteiger partial charge in [-0.1, -0.05) is 0 Å². The molecule has 1 fully saturated rings. The highest BCUT2D eigenvalue weighted by atomic mass is 19.1. The number of rotatable bonds is 4. The molecule has 0 aliphatic heterocycles. The van der Waals surface area contributed by atoms with Crippen molar-refractivity contribution in [3.8, 4) is 0 Å². The Morgan fingerprint density at radius 2 is 2.00 bits per heavy atom. The monoisotopic (exact) mass is 280 g/mol. The van der Waals surface area contributed by atoms with Crippen LogP contribution in [0, 0.1) is 17.7 Å². The number of nitrogens with zero attached hydrogens (tertiary/aromatic N) is 1. The highest BCUT2D eigenvalue weighted by Crippen LogP contribution is 2.28. The van der Waals surface area contributed by atoms with E-state index in [0.717, 1.165) is 19.0 Å². The van der Waals surface area contributed by atoms with Crippen LogP contribution >= 0.6 is 0 Å². The summed E-state index contributed by atoms with van der Waals surface area (Å²) in [4.78, 5) is 26.3. The van der Waals surface area contributed by atoms with Crippen molar-refractivity contribution in [2.75, 3.05) is 6.54 Å². The first kappa shape index (κ1) is 14.4. The van der Waals surface area contributed by atoms with Crippen LogP contribution in [0.4, 0.5) is 4.39 Å². The number of aliphatic carboxylic acids is 1. The third kappa shape index (κ3) is 3.76. The summed E-state index contributed by atoms with van der Waals surface area (Å²) in [5.41, 5.74) is 0.186. The van der Waals surface area contributed by atoms with Gasteiger partial charge in [0.1, 0.15) is 11.5 Å². The van der Waals surface area contributed by atoms with Gasteiger partial charge < -0.3 is 10.4 Å². The summed E-state index contributed by atoms with van der Waals surface area (Å²) in [6.07, 6.45) is 3.92. The second-order valence-corrected chi connectivity index (χ2v) is 5.13. The molecular weight excluding hydrogens is 263 g/mol. The van der Waals surface area contributed by atoms with Crippen molar-refractivity contribution in [3.63, 3.8) is 0 Å². The molecule has 0 saturated heterocycles. The smallest absolute Gasteiger partial charge is 0.306 e. The van der Waals surface area contributed by atoms with Crippen LogP contribution in [-0.4, -0.2) is 28.5 Å². The first-order valence-electron chi connectivity index (χ1n) is 6.69. The highest BCUT2D eigenvalue weighted by Gasteiger charge is 2.26. The largest absolute Gasteiger partial charge is 0.481 e. The molecule has 0 unspecified atom stereocenters. The summed E-state index contributed by atoms with van der Waals surface area (Å²) in [5.74, 6) is -1.49. The number of hydrogen-bond donors (Lipinski definition) is 2. The molecule has 0 bridgehead atoms. The van der Waals surface area contributed by atoms with Crippen molar-refractivity contribution in [1.82, 2.24) is 10.3 Å². The topological polar surface area (TPSA) is 79.3 Å². The minimum atomic E-state index is -0.733. The zero-order chi connectivity index (χ0) is 14.5. The summed E-state index contributed by atoms with van der Waals surface area (Å²) in [7, 11) is 0. The van der Waals surface area contributed by atoms with Gasteiger partial charge in [-0.3, -0.25) is 9.59 Å². The number of aromatic nitrogens is 1. The van der Waals surface area contributed by atoms with Crippen LogP contribution in [0.15, 0.2) is 18.3 Å². The molecule has 20 heavy (non-hydrogen) atoms.